The van der Waals surface area contributed by atoms with Crippen LogP contribution in [0.4, 0.5) is 10.1 Å². The van der Waals surface area contributed by atoms with Gasteiger partial charge in [0.05, 0.1) is 13.2 Å². The molecule has 4 aromatic carbocycles. The highest BCUT2D eigenvalue weighted by atomic mass is 19.1. The Kier molecular flexibility index (Phi) is 8.06. The number of nitrogens with one attached hydrogen (secondary N) is 1. The van der Waals surface area contributed by atoms with E-state index in [1.807, 2.05) is 48.5 Å². The molecule has 4 aromatic rings. The summed E-state index contributed by atoms with van der Waals surface area (Å²) in [6.07, 6.45) is 0.175. The number of anilines is 1. The summed E-state index contributed by atoms with van der Waals surface area (Å²) in [6, 6.07) is 33.1. The van der Waals surface area contributed by atoms with E-state index in [2.05, 4.69) is 49.5 Å². The van der Waals surface area contributed by atoms with Crippen LogP contribution >= 0.6 is 0 Å². The van der Waals surface area contributed by atoms with Gasteiger partial charge in [-0.05, 0) is 67.3 Å². The van der Waals surface area contributed by atoms with Crippen LogP contribution in [-0.2, 0) is 29.0 Å². The van der Waals surface area contributed by atoms with Crippen molar-refractivity contribution in [2.45, 2.75) is 51.2 Å². The molecule has 196 valence electrons. The number of halogens is 1. The van der Waals surface area contributed by atoms with Crippen LogP contribution < -0.4 is 10.1 Å². The zero-order valence-corrected chi connectivity index (χ0v) is 21.9. The van der Waals surface area contributed by atoms with Crippen LogP contribution in [0.5, 0.6) is 5.75 Å². The summed E-state index contributed by atoms with van der Waals surface area (Å²) >= 11 is 0. The van der Waals surface area contributed by atoms with Crippen molar-refractivity contribution in [1.29, 1.82) is 0 Å². The highest BCUT2D eigenvalue weighted by Crippen LogP contribution is 2.44. The van der Waals surface area contributed by atoms with E-state index < -0.39 is 5.60 Å². The molecule has 1 aliphatic rings. The van der Waals surface area contributed by atoms with E-state index in [1.165, 1.54) is 17.7 Å². The van der Waals surface area contributed by atoms with Gasteiger partial charge in [0, 0.05) is 17.8 Å². The maximum absolute atomic E-state index is 13.3. The van der Waals surface area contributed by atoms with E-state index in [4.69, 9.17) is 14.2 Å². The summed E-state index contributed by atoms with van der Waals surface area (Å²) in [5.74, 6) is 0.561. The number of benzene rings is 4. The Labute approximate surface area is 224 Å². The van der Waals surface area contributed by atoms with Gasteiger partial charge in [-0.2, -0.15) is 0 Å². The Hall–Kier alpha value is -3.67. The Morgan fingerprint density at radius 3 is 2.18 bits per heavy atom. The van der Waals surface area contributed by atoms with Gasteiger partial charge in [-0.25, -0.2) is 4.39 Å². The summed E-state index contributed by atoms with van der Waals surface area (Å²) in [5, 5.41) is 3.45. The van der Waals surface area contributed by atoms with Crippen LogP contribution in [0.1, 0.15) is 42.2 Å². The molecule has 5 rings (SSSR count). The summed E-state index contributed by atoms with van der Waals surface area (Å²) in [7, 11) is 0. The van der Waals surface area contributed by atoms with E-state index in [1.54, 1.807) is 12.1 Å². The average Bonchev–Trinajstić information content (AvgIpc) is 2.93. The Morgan fingerprint density at radius 1 is 0.789 bits per heavy atom. The van der Waals surface area contributed by atoms with Gasteiger partial charge in [-0.3, -0.25) is 0 Å². The lowest BCUT2D eigenvalue weighted by molar-refractivity contribution is -0.167. The molecular formula is C33H34FNO3. The van der Waals surface area contributed by atoms with Crippen LogP contribution in [0, 0.1) is 5.82 Å². The first-order valence-corrected chi connectivity index (χ1v) is 13.1. The molecular weight excluding hydrogens is 477 g/mol. The van der Waals surface area contributed by atoms with E-state index in [0.717, 1.165) is 34.5 Å². The molecule has 1 N–H and O–H groups in total. The van der Waals surface area contributed by atoms with Gasteiger partial charge in [0.25, 0.3) is 0 Å². The van der Waals surface area contributed by atoms with Gasteiger partial charge < -0.3 is 19.5 Å². The lowest BCUT2D eigenvalue weighted by Crippen LogP contribution is -2.51. The standard InChI is InChI=1S/C33H34FNO3/c1-33(2)32(37-23-26-11-7-4-8-12-26)31(36-20-19-24-9-5-3-6-10-24)29-21-28(17-18-30(29)38-33)35-22-25-13-15-27(34)16-14-25/h3-18,21,31-32,35H,19-20,22-23H2,1-2H3. The summed E-state index contributed by atoms with van der Waals surface area (Å²) in [5.41, 5.74) is 4.64. The molecule has 2 unspecified atom stereocenters. The van der Waals surface area contributed by atoms with Crippen molar-refractivity contribution >= 4 is 5.69 Å². The van der Waals surface area contributed by atoms with Gasteiger partial charge in [0.1, 0.15) is 29.4 Å². The summed E-state index contributed by atoms with van der Waals surface area (Å²) in [4.78, 5) is 0. The monoisotopic (exact) mass is 511 g/mol. The quantitative estimate of drug-likeness (QED) is 0.239. The van der Waals surface area contributed by atoms with Crippen LogP contribution in [0.25, 0.3) is 0 Å². The van der Waals surface area contributed by atoms with Crippen molar-refractivity contribution in [2.24, 2.45) is 0 Å². The third-order valence-electron chi connectivity index (χ3n) is 6.86. The first kappa shape index (κ1) is 26.0. The van der Waals surface area contributed by atoms with Crippen molar-refractivity contribution in [3.63, 3.8) is 0 Å². The molecule has 0 radical (unpaired) electrons. The average molecular weight is 512 g/mol. The van der Waals surface area contributed by atoms with Crippen LogP contribution in [0.15, 0.2) is 103 Å². The fourth-order valence-electron chi connectivity index (χ4n) is 4.82. The zero-order chi connectivity index (χ0) is 26.4. The van der Waals surface area contributed by atoms with Gasteiger partial charge >= 0.3 is 0 Å². The van der Waals surface area contributed by atoms with Crippen molar-refractivity contribution in [2.75, 3.05) is 11.9 Å². The van der Waals surface area contributed by atoms with Crippen molar-refractivity contribution in [3.05, 3.63) is 131 Å². The van der Waals surface area contributed by atoms with E-state index in [-0.39, 0.29) is 18.0 Å². The van der Waals surface area contributed by atoms with Crippen molar-refractivity contribution in [1.82, 2.24) is 0 Å². The molecule has 0 spiro atoms. The summed E-state index contributed by atoms with van der Waals surface area (Å²) < 4.78 is 32.9. The molecule has 4 nitrogen and oxygen atoms in total. The van der Waals surface area contributed by atoms with Crippen LogP contribution in [0.2, 0.25) is 0 Å². The highest BCUT2D eigenvalue weighted by Gasteiger charge is 2.45. The maximum atomic E-state index is 13.3. The second-order valence-electron chi connectivity index (χ2n) is 10.2. The molecule has 5 heteroatoms. The molecule has 0 amide bonds. The fraction of sp³-hybridized carbons (Fsp3) is 0.273. The second-order valence-corrected chi connectivity index (χ2v) is 10.2. The number of ether oxygens (including phenoxy) is 3. The Bertz CT molecular complexity index is 1310. The van der Waals surface area contributed by atoms with Crippen LogP contribution in [-0.4, -0.2) is 18.3 Å². The predicted octanol–water partition coefficient (Wildman–Crippen LogP) is 7.49. The smallest absolute Gasteiger partial charge is 0.132 e. The Balaban J connectivity index is 1.38. The third-order valence-corrected chi connectivity index (χ3v) is 6.86. The lowest BCUT2D eigenvalue weighted by Gasteiger charge is -2.44. The molecule has 0 bridgehead atoms. The first-order valence-electron chi connectivity index (χ1n) is 13.1. The predicted molar refractivity (Wildman–Crippen MR) is 149 cm³/mol. The minimum absolute atomic E-state index is 0.237. The van der Waals surface area contributed by atoms with Gasteiger partial charge in [-0.1, -0.05) is 72.8 Å². The second kappa shape index (κ2) is 11.8. The van der Waals surface area contributed by atoms with E-state index in [9.17, 15) is 4.39 Å². The van der Waals surface area contributed by atoms with Crippen molar-refractivity contribution < 1.29 is 18.6 Å². The first-order chi connectivity index (χ1) is 18.5. The third kappa shape index (κ3) is 6.42. The molecule has 0 aromatic heterocycles. The highest BCUT2D eigenvalue weighted by molar-refractivity contribution is 5.54. The molecule has 2 atom stereocenters. The minimum atomic E-state index is -0.595. The van der Waals surface area contributed by atoms with E-state index in [0.29, 0.717) is 19.8 Å². The largest absolute Gasteiger partial charge is 0.485 e. The SMILES string of the molecule is CC1(C)Oc2ccc(NCc3ccc(F)cc3)cc2C(OCCc2ccccc2)C1OCc1ccccc1. The lowest BCUT2D eigenvalue weighted by atomic mass is 9.87. The molecule has 0 saturated carbocycles. The fourth-order valence-corrected chi connectivity index (χ4v) is 4.82. The van der Waals surface area contributed by atoms with Gasteiger partial charge in [0.2, 0.25) is 0 Å². The topological polar surface area (TPSA) is 39.7 Å². The minimum Gasteiger partial charge on any atom is -0.485 e. The number of hydrogen-bond donors (Lipinski definition) is 1. The normalized spacial score (nSPS) is 17.9. The molecule has 0 aliphatic carbocycles. The molecule has 0 saturated heterocycles. The van der Waals surface area contributed by atoms with Crippen molar-refractivity contribution in [3.8, 4) is 5.75 Å². The molecule has 1 aliphatic heterocycles. The van der Waals surface area contributed by atoms with E-state index >= 15 is 0 Å². The Morgan fingerprint density at radius 2 is 1.47 bits per heavy atom. The summed E-state index contributed by atoms with van der Waals surface area (Å²) in [6.45, 7) is 5.72. The number of hydrogen-bond acceptors (Lipinski definition) is 4. The molecule has 0 fully saturated rings. The zero-order valence-electron chi connectivity index (χ0n) is 21.9. The molecule has 38 heavy (non-hydrogen) atoms. The van der Waals surface area contributed by atoms with Gasteiger partial charge in [0.15, 0.2) is 0 Å². The van der Waals surface area contributed by atoms with Gasteiger partial charge in [-0.15, -0.1) is 0 Å². The number of rotatable bonds is 10. The number of fused-ring (bicyclic) bond motifs is 1. The van der Waals surface area contributed by atoms with Crippen LogP contribution in [0.3, 0.4) is 0 Å². The maximum Gasteiger partial charge on any atom is 0.132 e. The molecule has 1 heterocycles.